The van der Waals surface area contributed by atoms with Gasteiger partial charge in [0.15, 0.2) is 0 Å². The van der Waals surface area contributed by atoms with Crippen molar-refractivity contribution in [3.63, 3.8) is 0 Å². The Kier molecular flexibility index (Phi) is 4.45. The summed E-state index contributed by atoms with van der Waals surface area (Å²) in [5.41, 5.74) is 7.75. The van der Waals surface area contributed by atoms with E-state index in [1.54, 1.807) is 4.90 Å². The smallest absolute Gasteiger partial charge is 0.324 e. The third-order valence-electron chi connectivity index (χ3n) is 5.70. The maximum absolute atomic E-state index is 12.5. The van der Waals surface area contributed by atoms with Crippen molar-refractivity contribution in [2.24, 2.45) is 0 Å². The number of halogens is 1. The maximum Gasteiger partial charge on any atom is 0.336 e. The third-order valence-corrected chi connectivity index (χ3v) is 6.02. The molecule has 0 fully saturated rings. The van der Waals surface area contributed by atoms with Crippen LogP contribution in [0.15, 0.2) is 24.4 Å². The molecule has 2 aliphatic rings. The highest BCUT2D eigenvalue weighted by atomic mass is 35.5. The van der Waals surface area contributed by atoms with Crippen LogP contribution in [-0.4, -0.2) is 53.2 Å². The van der Waals surface area contributed by atoms with Crippen LogP contribution >= 0.6 is 11.6 Å². The molecule has 138 valence electrons. The van der Waals surface area contributed by atoms with Gasteiger partial charge in [0.25, 0.3) is 0 Å². The topological polar surface area (TPSA) is 40.5 Å². The number of carbonyl (C=O) groups is 1. The summed E-state index contributed by atoms with van der Waals surface area (Å²) in [6, 6.07) is 4.22. The zero-order valence-corrected chi connectivity index (χ0v) is 16.3. The van der Waals surface area contributed by atoms with Gasteiger partial charge in [0, 0.05) is 47.8 Å². The average Bonchev–Trinajstić information content (AvgIpc) is 2.97. The molecule has 4 rings (SSSR count). The lowest BCUT2D eigenvalue weighted by atomic mass is 9.82. The molecule has 1 aromatic heterocycles. The largest absolute Gasteiger partial charge is 0.336 e. The Hall–Kier alpha value is -1.98. The van der Waals surface area contributed by atoms with Crippen molar-refractivity contribution in [3.05, 3.63) is 40.6 Å². The molecule has 1 aromatic carbocycles. The van der Waals surface area contributed by atoms with Crippen LogP contribution in [-0.2, 0) is 6.42 Å². The zero-order chi connectivity index (χ0) is 18.4. The van der Waals surface area contributed by atoms with Crippen LogP contribution in [0.1, 0.15) is 31.4 Å². The van der Waals surface area contributed by atoms with E-state index in [4.69, 9.17) is 11.6 Å². The minimum Gasteiger partial charge on any atom is -0.324 e. The zero-order valence-electron chi connectivity index (χ0n) is 15.6. The second kappa shape index (κ2) is 6.63. The molecule has 0 unspecified atom stereocenters. The summed E-state index contributed by atoms with van der Waals surface area (Å²) in [5.74, 6) is 0. The lowest BCUT2D eigenvalue weighted by Gasteiger charge is -2.37. The standard InChI is InChI=1S/C20H25ClN4O/c1-4-24(5-2)20(26)22-25-12-13-11-17-14(7-6-10-23(17)3)19-15(21)8-9-16(25)18(13)19/h7-9,12,17H,4-6,10-11H2,1-3H3,(H,22,26)/t17-/m1/s1. The van der Waals surface area contributed by atoms with E-state index in [1.807, 2.05) is 30.7 Å². The van der Waals surface area contributed by atoms with Gasteiger partial charge in [-0.2, -0.15) is 0 Å². The van der Waals surface area contributed by atoms with Crippen molar-refractivity contribution in [1.82, 2.24) is 14.5 Å². The molecule has 0 saturated heterocycles. The number of rotatable bonds is 3. The third kappa shape index (κ3) is 2.61. The Morgan fingerprint density at radius 1 is 1.35 bits per heavy atom. The lowest BCUT2D eigenvalue weighted by Crippen LogP contribution is -2.39. The molecule has 1 aliphatic heterocycles. The van der Waals surface area contributed by atoms with Crippen molar-refractivity contribution in [2.45, 2.75) is 32.7 Å². The fourth-order valence-corrected chi connectivity index (χ4v) is 4.56. The summed E-state index contributed by atoms with van der Waals surface area (Å²) in [5, 5.41) is 1.97. The molecule has 1 atom stereocenters. The number of carbonyl (C=O) groups excluding carboxylic acids is 1. The van der Waals surface area contributed by atoms with E-state index in [1.165, 1.54) is 16.5 Å². The van der Waals surface area contributed by atoms with Crippen LogP contribution in [0.2, 0.25) is 5.02 Å². The number of urea groups is 1. The Bertz CT molecular complexity index is 897. The van der Waals surface area contributed by atoms with Gasteiger partial charge in [-0.1, -0.05) is 17.7 Å². The van der Waals surface area contributed by atoms with Gasteiger partial charge in [0.2, 0.25) is 0 Å². The van der Waals surface area contributed by atoms with Gasteiger partial charge in [-0.05, 0) is 57.0 Å². The van der Waals surface area contributed by atoms with E-state index in [0.717, 1.165) is 35.5 Å². The minimum atomic E-state index is -0.0806. The van der Waals surface area contributed by atoms with E-state index in [0.29, 0.717) is 19.1 Å². The van der Waals surface area contributed by atoms with Gasteiger partial charge < -0.3 is 4.90 Å². The quantitative estimate of drug-likeness (QED) is 0.886. The maximum atomic E-state index is 12.5. The predicted octanol–water partition coefficient (Wildman–Crippen LogP) is 3.94. The number of hydrogen-bond acceptors (Lipinski definition) is 2. The number of nitrogens with one attached hydrogen (secondary N) is 1. The Morgan fingerprint density at radius 3 is 2.85 bits per heavy atom. The normalized spacial score (nSPS) is 19.2. The highest BCUT2D eigenvalue weighted by molar-refractivity contribution is 6.34. The van der Waals surface area contributed by atoms with Gasteiger partial charge in [0.05, 0.1) is 5.52 Å². The summed E-state index contributed by atoms with van der Waals surface area (Å²) in [4.78, 5) is 16.7. The molecule has 0 saturated carbocycles. The summed E-state index contributed by atoms with van der Waals surface area (Å²) in [6.45, 7) is 6.41. The van der Waals surface area contributed by atoms with Crippen LogP contribution < -0.4 is 5.43 Å². The summed E-state index contributed by atoms with van der Waals surface area (Å²) in [6.07, 6.45) is 6.38. The van der Waals surface area contributed by atoms with Gasteiger partial charge in [-0.25, -0.2) is 10.2 Å². The first kappa shape index (κ1) is 17.4. The van der Waals surface area contributed by atoms with Crippen LogP contribution in [0.4, 0.5) is 4.79 Å². The van der Waals surface area contributed by atoms with Crippen LogP contribution in [0.25, 0.3) is 16.5 Å². The summed E-state index contributed by atoms with van der Waals surface area (Å²) >= 11 is 6.62. The van der Waals surface area contributed by atoms with Crippen molar-refractivity contribution < 1.29 is 4.79 Å². The van der Waals surface area contributed by atoms with Gasteiger partial charge in [-0.3, -0.25) is 9.58 Å². The molecule has 0 spiro atoms. The second-order valence-corrected chi connectivity index (χ2v) is 7.49. The molecule has 6 heteroatoms. The number of aromatic nitrogens is 1. The van der Waals surface area contributed by atoms with E-state index < -0.39 is 0 Å². The lowest BCUT2D eigenvalue weighted by molar-refractivity contribution is 0.214. The average molecular weight is 373 g/mol. The van der Waals surface area contributed by atoms with Crippen LogP contribution in [0.3, 0.4) is 0 Å². The van der Waals surface area contributed by atoms with E-state index in [9.17, 15) is 4.79 Å². The fraction of sp³-hybridized carbons (Fsp3) is 0.450. The SMILES string of the molecule is CCN(CC)C(=O)Nn1cc2c3c(c(Cl)ccc31)C1=CCCN(C)[C@@H]1C2. The number of fused-ring (bicyclic) bond motifs is 2. The first-order valence-electron chi connectivity index (χ1n) is 9.34. The Balaban J connectivity index is 1.82. The number of amides is 2. The Morgan fingerprint density at radius 2 is 2.12 bits per heavy atom. The van der Waals surface area contributed by atoms with Gasteiger partial charge >= 0.3 is 6.03 Å². The van der Waals surface area contributed by atoms with Crippen molar-refractivity contribution in [1.29, 1.82) is 0 Å². The Labute approximate surface area is 159 Å². The van der Waals surface area contributed by atoms with Gasteiger partial charge in [-0.15, -0.1) is 0 Å². The number of nitrogens with zero attached hydrogens (tertiary/aromatic N) is 3. The van der Waals surface area contributed by atoms with Crippen molar-refractivity contribution >= 4 is 34.1 Å². The van der Waals surface area contributed by atoms with E-state index in [-0.39, 0.29) is 6.03 Å². The highest BCUT2D eigenvalue weighted by Gasteiger charge is 2.33. The molecule has 1 N–H and O–H groups in total. The van der Waals surface area contributed by atoms with Crippen molar-refractivity contribution in [3.8, 4) is 0 Å². The molecule has 5 nitrogen and oxygen atoms in total. The van der Waals surface area contributed by atoms with E-state index >= 15 is 0 Å². The molecule has 1 aliphatic carbocycles. The number of benzene rings is 1. The number of likely N-dealkylation sites (N-methyl/N-ethyl adjacent to an activating group) is 1. The molecule has 2 aromatic rings. The first-order chi connectivity index (χ1) is 12.5. The summed E-state index contributed by atoms with van der Waals surface area (Å²) < 4.78 is 1.86. The second-order valence-electron chi connectivity index (χ2n) is 7.08. The molecule has 0 radical (unpaired) electrons. The minimum absolute atomic E-state index is 0.0806. The highest BCUT2D eigenvalue weighted by Crippen LogP contribution is 2.43. The summed E-state index contributed by atoms with van der Waals surface area (Å²) in [7, 11) is 2.18. The molecule has 0 bridgehead atoms. The van der Waals surface area contributed by atoms with Crippen molar-refractivity contribution in [2.75, 3.05) is 32.1 Å². The fourth-order valence-electron chi connectivity index (χ4n) is 4.29. The monoisotopic (exact) mass is 372 g/mol. The number of hydrogen-bond donors (Lipinski definition) is 1. The molecular formula is C20H25ClN4O. The molecule has 26 heavy (non-hydrogen) atoms. The molecule has 2 heterocycles. The predicted molar refractivity (Wildman–Crippen MR) is 107 cm³/mol. The first-order valence-corrected chi connectivity index (χ1v) is 9.72. The molecular weight excluding hydrogens is 348 g/mol. The molecule has 2 amide bonds. The van der Waals surface area contributed by atoms with Crippen LogP contribution in [0, 0.1) is 0 Å². The van der Waals surface area contributed by atoms with E-state index in [2.05, 4.69) is 29.6 Å². The van der Waals surface area contributed by atoms with Crippen LogP contribution in [0.5, 0.6) is 0 Å². The van der Waals surface area contributed by atoms with Gasteiger partial charge in [0.1, 0.15) is 0 Å².